The lowest BCUT2D eigenvalue weighted by atomic mass is 10.1. The van der Waals surface area contributed by atoms with E-state index in [1.54, 1.807) is 10.8 Å². The average Bonchev–Trinajstić information content (AvgIpc) is 3.36. The fourth-order valence-corrected chi connectivity index (χ4v) is 4.80. The molecule has 0 amide bonds. The van der Waals surface area contributed by atoms with Gasteiger partial charge >= 0.3 is 0 Å². The van der Waals surface area contributed by atoms with Crippen LogP contribution in [0.5, 0.6) is 11.5 Å². The number of allylic oxidation sites excluding steroid dienone is 1. The van der Waals surface area contributed by atoms with E-state index in [2.05, 4.69) is 0 Å². The van der Waals surface area contributed by atoms with E-state index in [9.17, 15) is 13.2 Å². The normalized spacial score (nSPS) is 13.3. The van der Waals surface area contributed by atoms with Crippen molar-refractivity contribution in [3.05, 3.63) is 96.2 Å². The molecule has 0 aliphatic carbocycles. The average molecular weight is 516 g/mol. The Balaban J connectivity index is 1.48. The van der Waals surface area contributed by atoms with Crippen LogP contribution in [-0.4, -0.2) is 55.6 Å². The van der Waals surface area contributed by atoms with Gasteiger partial charge in [0, 0.05) is 37.0 Å². The maximum absolute atomic E-state index is 12.9. The summed E-state index contributed by atoms with van der Waals surface area (Å²) in [5.41, 5.74) is 3.50. The van der Waals surface area contributed by atoms with Crippen molar-refractivity contribution in [3.8, 4) is 28.4 Å². The first-order valence-electron chi connectivity index (χ1n) is 11.6. The molecule has 0 saturated carbocycles. The van der Waals surface area contributed by atoms with Gasteiger partial charge < -0.3 is 9.47 Å². The number of hydrogen-bond donors (Lipinski definition) is 0. The molecule has 9 heteroatoms. The Kier molecular flexibility index (Phi) is 6.64. The van der Waals surface area contributed by atoms with Crippen LogP contribution in [0, 0.1) is 0 Å². The number of aromatic nitrogens is 2. The van der Waals surface area contributed by atoms with Crippen molar-refractivity contribution in [2.45, 2.75) is 4.90 Å². The molecule has 1 aliphatic heterocycles. The molecule has 0 radical (unpaired) electrons. The topological polar surface area (TPSA) is 90.7 Å². The summed E-state index contributed by atoms with van der Waals surface area (Å²) in [4.78, 5) is 13.0. The molecule has 0 fully saturated rings. The molecule has 5 rings (SSSR count). The quantitative estimate of drug-likeness (QED) is 0.267. The zero-order valence-electron chi connectivity index (χ0n) is 20.4. The molecular weight excluding hydrogens is 490 g/mol. The molecule has 0 spiro atoms. The number of carbonyl (C=O) groups is 1. The summed E-state index contributed by atoms with van der Waals surface area (Å²) >= 11 is 0. The first-order valence-corrected chi connectivity index (χ1v) is 13.1. The van der Waals surface area contributed by atoms with E-state index in [1.165, 1.54) is 44.4 Å². The first-order chi connectivity index (χ1) is 17.8. The minimum absolute atomic E-state index is 0.128. The lowest BCUT2D eigenvalue weighted by Gasteiger charge is -2.18. The predicted octanol–water partition coefficient (Wildman–Crippen LogP) is 4.46. The molecule has 8 nitrogen and oxygen atoms in total. The number of carbonyl (C=O) groups excluding carboxylic acids is 1. The van der Waals surface area contributed by atoms with E-state index in [0.29, 0.717) is 36.0 Å². The maximum Gasteiger partial charge on any atom is 0.242 e. The van der Waals surface area contributed by atoms with Gasteiger partial charge in [-0.2, -0.15) is 5.10 Å². The van der Waals surface area contributed by atoms with Gasteiger partial charge in [-0.25, -0.2) is 17.4 Å². The van der Waals surface area contributed by atoms with Crippen molar-refractivity contribution in [2.24, 2.45) is 0 Å². The molecular formula is C28H25N3O5S. The molecule has 1 aliphatic rings. The molecule has 37 heavy (non-hydrogen) atoms. The number of nitrogens with zero attached hydrogens (tertiary/aromatic N) is 3. The summed E-state index contributed by atoms with van der Waals surface area (Å²) in [5, 5.41) is 4.79. The molecule has 0 bridgehead atoms. The van der Waals surface area contributed by atoms with Crippen LogP contribution in [0.4, 0.5) is 0 Å². The van der Waals surface area contributed by atoms with Gasteiger partial charge in [-0.05, 0) is 66.7 Å². The van der Waals surface area contributed by atoms with Crippen LogP contribution in [0.25, 0.3) is 23.0 Å². The van der Waals surface area contributed by atoms with Crippen molar-refractivity contribution in [2.75, 3.05) is 27.3 Å². The summed E-state index contributed by atoms with van der Waals surface area (Å²) < 4.78 is 38.9. The lowest BCUT2D eigenvalue weighted by molar-refractivity contribution is 0.104. The SMILES string of the molecule is CN(C)S(=O)(=O)c1ccc(C(=O)/C=C/c2cn(-c3ccccc3)nc2-c2ccc3c(c2)OCCO3)cc1. The number of fused-ring (bicyclic) bond motifs is 1. The van der Waals surface area contributed by atoms with Crippen molar-refractivity contribution in [1.29, 1.82) is 0 Å². The summed E-state index contributed by atoms with van der Waals surface area (Å²) in [6, 6.07) is 21.2. The maximum atomic E-state index is 12.9. The largest absolute Gasteiger partial charge is 0.486 e. The first kappa shape index (κ1) is 24.5. The minimum atomic E-state index is -3.57. The Morgan fingerprint density at radius 3 is 2.35 bits per heavy atom. The molecule has 188 valence electrons. The number of ether oxygens (including phenoxy) is 2. The van der Waals surface area contributed by atoms with Crippen LogP contribution < -0.4 is 9.47 Å². The van der Waals surface area contributed by atoms with Crippen LogP contribution >= 0.6 is 0 Å². The predicted molar refractivity (Wildman–Crippen MR) is 141 cm³/mol. The number of para-hydroxylation sites is 1. The Hall–Kier alpha value is -4.21. The van der Waals surface area contributed by atoms with Crippen molar-refractivity contribution in [1.82, 2.24) is 14.1 Å². The highest BCUT2D eigenvalue weighted by atomic mass is 32.2. The Morgan fingerprint density at radius 1 is 0.946 bits per heavy atom. The van der Waals surface area contributed by atoms with Crippen molar-refractivity contribution in [3.63, 3.8) is 0 Å². The minimum Gasteiger partial charge on any atom is -0.486 e. The fraction of sp³-hybridized carbons (Fsp3) is 0.143. The van der Waals surface area contributed by atoms with Gasteiger partial charge in [-0.15, -0.1) is 0 Å². The Labute approximate surface area is 215 Å². The molecule has 0 unspecified atom stereocenters. The molecule has 2 heterocycles. The van der Waals surface area contributed by atoms with Gasteiger partial charge in [-0.3, -0.25) is 4.79 Å². The van der Waals surface area contributed by atoms with Crippen LogP contribution in [0.2, 0.25) is 0 Å². The fourth-order valence-electron chi connectivity index (χ4n) is 3.90. The molecule has 1 aromatic heterocycles. The highest BCUT2D eigenvalue weighted by Crippen LogP contribution is 2.35. The highest BCUT2D eigenvalue weighted by Gasteiger charge is 2.18. The molecule has 0 saturated heterocycles. The molecule has 0 N–H and O–H groups in total. The second-order valence-electron chi connectivity index (χ2n) is 8.58. The zero-order chi connectivity index (χ0) is 26.0. The summed E-state index contributed by atoms with van der Waals surface area (Å²) in [5.74, 6) is 1.08. The Bertz CT molecular complexity index is 1570. The summed E-state index contributed by atoms with van der Waals surface area (Å²) in [6.07, 6.45) is 5.03. The van der Waals surface area contributed by atoms with E-state index < -0.39 is 10.0 Å². The van der Waals surface area contributed by atoms with Gasteiger partial charge in [0.25, 0.3) is 0 Å². The molecule has 0 atom stereocenters. The van der Waals surface area contributed by atoms with E-state index in [4.69, 9.17) is 14.6 Å². The van der Waals surface area contributed by atoms with E-state index in [1.807, 2.05) is 54.7 Å². The molecule has 3 aromatic carbocycles. The Morgan fingerprint density at radius 2 is 1.65 bits per heavy atom. The van der Waals surface area contributed by atoms with Gasteiger partial charge in [0.15, 0.2) is 17.3 Å². The van der Waals surface area contributed by atoms with Crippen molar-refractivity contribution < 1.29 is 22.7 Å². The second-order valence-corrected chi connectivity index (χ2v) is 10.7. The summed E-state index contributed by atoms with van der Waals surface area (Å²) in [7, 11) is -0.639. The zero-order valence-corrected chi connectivity index (χ0v) is 21.2. The smallest absolute Gasteiger partial charge is 0.242 e. The second kappa shape index (κ2) is 10.0. The van der Waals surface area contributed by atoms with Crippen LogP contribution in [0.1, 0.15) is 15.9 Å². The third-order valence-electron chi connectivity index (χ3n) is 5.91. The third-order valence-corrected chi connectivity index (χ3v) is 7.74. The number of rotatable bonds is 7. The third kappa shape index (κ3) is 5.04. The van der Waals surface area contributed by atoms with Crippen molar-refractivity contribution >= 4 is 21.9 Å². The van der Waals surface area contributed by atoms with Gasteiger partial charge in [0.05, 0.1) is 10.6 Å². The molecule has 4 aromatic rings. The monoisotopic (exact) mass is 515 g/mol. The lowest BCUT2D eigenvalue weighted by Crippen LogP contribution is -2.22. The van der Waals surface area contributed by atoms with E-state index in [-0.39, 0.29) is 10.7 Å². The van der Waals surface area contributed by atoms with Gasteiger partial charge in [0.2, 0.25) is 10.0 Å². The highest BCUT2D eigenvalue weighted by molar-refractivity contribution is 7.89. The number of ketones is 1. The van der Waals surface area contributed by atoms with Crippen LogP contribution in [-0.2, 0) is 10.0 Å². The number of benzene rings is 3. The number of sulfonamides is 1. The van der Waals surface area contributed by atoms with E-state index >= 15 is 0 Å². The summed E-state index contributed by atoms with van der Waals surface area (Å²) in [6.45, 7) is 0.984. The van der Waals surface area contributed by atoms with E-state index in [0.717, 1.165) is 21.1 Å². The van der Waals surface area contributed by atoms with Crippen LogP contribution in [0.15, 0.2) is 90.0 Å². The number of hydrogen-bond acceptors (Lipinski definition) is 6. The van der Waals surface area contributed by atoms with Gasteiger partial charge in [-0.1, -0.05) is 18.2 Å². The standard InChI is InChI=1S/C28H25N3O5S/c1-30(2)37(33,34)24-12-8-20(9-13-24)25(32)14-10-22-19-31(23-6-4-3-5-7-23)29-28(22)21-11-15-26-27(18-21)36-17-16-35-26/h3-15,18-19H,16-17H2,1-2H3/b14-10+. The van der Waals surface area contributed by atoms with Crippen LogP contribution in [0.3, 0.4) is 0 Å². The van der Waals surface area contributed by atoms with Gasteiger partial charge in [0.1, 0.15) is 18.9 Å².